The summed E-state index contributed by atoms with van der Waals surface area (Å²) in [6, 6.07) is 6.14. The number of thiol groups is 1. The topological polar surface area (TPSA) is 3.24 Å². The van der Waals surface area contributed by atoms with Crippen molar-refractivity contribution in [3.63, 3.8) is 0 Å². The van der Waals surface area contributed by atoms with Gasteiger partial charge >= 0.3 is 0 Å². The number of hydrogen-bond donors (Lipinski definition) is 1. The lowest BCUT2D eigenvalue weighted by Crippen LogP contribution is -2.19. The van der Waals surface area contributed by atoms with Gasteiger partial charge in [0.05, 0.1) is 0 Å². The maximum Gasteiger partial charge on any atom is 0.115 e. The van der Waals surface area contributed by atoms with Gasteiger partial charge in [0.15, 0.2) is 0 Å². The zero-order valence-corrected chi connectivity index (χ0v) is 11.4. The van der Waals surface area contributed by atoms with Gasteiger partial charge < -0.3 is 17.1 Å². The SMILES string of the molecule is CCc1cccc(N([S-])C(=S)S)c1CC. The molecule has 0 N–H and O–H groups in total. The molecule has 0 aromatic heterocycles. The monoisotopic (exact) mass is 256 g/mol. The van der Waals surface area contributed by atoms with Gasteiger partial charge in [0, 0.05) is 5.69 Å². The first-order valence-electron chi connectivity index (χ1n) is 4.92. The Balaban J connectivity index is 3.22. The van der Waals surface area contributed by atoms with Gasteiger partial charge in [-0.05, 0) is 30.0 Å². The number of hydrogen-bond acceptors (Lipinski definition) is 2. The highest BCUT2D eigenvalue weighted by Gasteiger charge is 2.06. The Kier molecular flexibility index (Phi) is 4.96. The average Bonchev–Trinajstić information content (AvgIpc) is 2.26. The average molecular weight is 256 g/mol. The van der Waals surface area contributed by atoms with Crippen LogP contribution in [-0.2, 0) is 25.7 Å². The van der Waals surface area contributed by atoms with Crippen LogP contribution in [0.3, 0.4) is 0 Å². The van der Waals surface area contributed by atoms with Gasteiger partial charge in [-0.15, -0.1) is 12.6 Å². The van der Waals surface area contributed by atoms with Crippen molar-refractivity contribution >= 4 is 47.7 Å². The third-order valence-electron chi connectivity index (χ3n) is 2.38. The van der Waals surface area contributed by atoms with Crippen molar-refractivity contribution in [2.75, 3.05) is 4.31 Å². The molecule has 1 rings (SSSR count). The summed E-state index contributed by atoms with van der Waals surface area (Å²) >= 11 is 14.3. The minimum absolute atomic E-state index is 0.424. The molecule has 0 saturated carbocycles. The summed E-state index contributed by atoms with van der Waals surface area (Å²) in [5.41, 5.74) is 3.59. The lowest BCUT2D eigenvalue weighted by atomic mass is 10.0. The Hall–Kier alpha value is -0.190. The Morgan fingerprint density at radius 3 is 2.53 bits per heavy atom. The van der Waals surface area contributed by atoms with Crippen molar-refractivity contribution in [3.8, 4) is 0 Å². The van der Waals surface area contributed by atoms with E-state index in [-0.39, 0.29) is 0 Å². The summed E-state index contributed by atoms with van der Waals surface area (Å²) in [5, 5.41) is 0. The predicted molar refractivity (Wildman–Crippen MR) is 76.6 cm³/mol. The highest BCUT2D eigenvalue weighted by molar-refractivity contribution is 8.12. The molecular formula is C11H14NS3-. The van der Waals surface area contributed by atoms with E-state index in [1.165, 1.54) is 15.4 Å². The van der Waals surface area contributed by atoms with E-state index in [1.54, 1.807) is 0 Å². The molecule has 1 aromatic rings. The van der Waals surface area contributed by atoms with Crippen molar-refractivity contribution in [1.29, 1.82) is 0 Å². The summed E-state index contributed by atoms with van der Waals surface area (Å²) in [4.78, 5) is 0. The summed E-state index contributed by atoms with van der Waals surface area (Å²) in [6.45, 7) is 4.27. The predicted octanol–water partition coefficient (Wildman–Crippen LogP) is 3.29. The van der Waals surface area contributed by atoms with Crippen LogP contribution in [0.15, 0.2) is 18.2 Å². The summed E-state index contributed by atoms with van der Waals surface area (Å²) in [5.74, 6) is 0. The molecule has 0 saturated heterocycles. The number of thiocarbonyl (C=S) groups is 1. The van der Waals surface area contributed by atoms with Crippen molar-refractivity contribution in [3.05, 3.63) is 29.3 Å². The van der Waals surface area contributed by atoms with Crippen LogP contribution in [0.25, 0.3) is 0 Å². The van der Waals surface area contributed by atoms with Crippen LogP contribution >= 0.6 is 24.8 Å². The molecule has 0 unspecified atom stereocenters. The first-order valence-corrected chi connectivity index (χ1v) is 6.14. The third-order valence-corrected chi connectivity index (χ3v) is 3.39. The van der Waals surface area contributed by atoms with Crippen molar-refractivity contribution in [2.24, 2.45) is 0 Å². The van der Waals surface area contributed by atoms with E-state index in [4.69, 9.17) is 25.0 Å². The second kappa shape index (κ2) is 5.77. The molecule has 0 fully saturated rings. The fraction of sp³-hybridized carbons (Fsp3) is 0.364. The molecule has 15 heavy (non-hydrogen) atoms. The van der Waals surface area contributed by atoms with Gasteiger partial charge in [0.2, 0.25) is 0 Å². The highest BCUT2D eigenvalue weighted by Crippen LogP contribution is 2.25. The number of nitrogens with zero attached hydrogens (tertiary/aromatic N) is 1. The normalized spacial score (nSPS) is 10.1. The van der Waals surface area contributed by atoms with E-state index in [9.17, 15) is 0 Å². The lowest BCUT2D eigenvalue weighted by molar-refractivity contribution is 1.04. The van der Waals surface area contributed by atoms with Gasteiger partial charge in [-0.25, -0.2) is 0 Å². The Bertz CT molecular complexity index is 363. The Labute approximate surface area is 108 Å². The number of aryl methyl sites for hydroxylation is 1. The second-order valence-corrected chi connectivity index (χ2v) is 4.68. The molecule has 0 spiro atoms. The molecule has 0 radical (unpaired) electrons. The zero-order valence-electron chi connectivity index (χ0n) is 8.86. The van der Waals surface area contributed by atoms with Crippen LogP contribution in [0.2, 0.25) is 0 Å². The quantitative estimate of drug-likeness (QED) is 0.502. The summed E-state index contributed by atoms with van der Waals surface area (Å²) < 4.78 is 1.96. The van der Waals surface area contributed by atoms with Gasteiger partial charge in [0.25, 0.3) is 0 Å². The molecule has 0 atom stereocenters. The minimum atomic E-state index is 0.424. The van der Waals surface area contributed by atoms with E-state index >= 15 is 0 Å². The van der Waals surface area contributed by atoms with E-state index in [1.807, 2.05) is 12.1 Å². The Morgan fingerprint density at radius 1 is 1.40 bits per heavy atom. The molecule has 0 aliphatic rings. The molecule has 0 amide bonds. The van der Waals surface area contributed by atoms with Crippen molar-refractivity contribution in [1.82, 2.24) is 0 Å². The molecule has 0 bridgehead atoms. The third kappa shape index (κ3) is 2.89. The van der Waals surface area contributed by atoms with Crippen LogP contribution < -0.4 is 4.31 Å². The van der Waals surface area contributed by atoms with Crippen LogP contribution in [0.1, 0.15) is 25.0 Å². The highest BCUT2D eigenvalue weighted by atomic mass is 32.1. The molecule has 82 valence electrons. The number of anilines is 1. The fourth-order valence-corrected chi connectivity index (χ4v) is 2.03. The number of benzene rings is 1. The van der Waals surface area contributed by atoms with Gasteiger partial charge in [-0.2, -0.15) is 0 Å². The molecule has 4 heteroatoms. The van der Waals surface area contributed by atoms with Crippen LogP contribution in [0.5, 0.6) is 0 Å². The molecule has 1 nitrogen and oxygen atoms in total. The summed E-state index contributed by atoms with van der Waals surface area (Å²) in [6.07, 6.45) is 1.97. The second-order valence-electron chi connectivity index (χ2n) is 3.20. The molecule has 0 aliphatic carbocycles. The first-order chi connectivity index (χ1) is 7.11. The smallest absolute Gasteiger partial charge is 0.115 e. The van der Waals surface area contributed by atoms with Crippen LogP contribution in [0.4, 0.5) is 5.69 Å². The van der Waals surface area contributed by atoms with Gasteiger partial charge in [-0.1, -0.05) is 38.2 Å². The molecule has 0 heterocycles. The zero-order chi connectivity index (χ0) is 11.4. The maximum absolute atomic E-state index is 5.20. The maximum atomic E-state index is 5.20. The largest absolute Gasteiger partial charge is 0.659 e. The summed E-state index contributed by atoms with van der Waals surface area (Å²) in [7, 11) is 0. The number of rotatable bonds is 3. The minimum Gasteiger partial charge on any atom is -0.659 e. The molecule has 1 aromatic carbocycles. The Morgan fingerprint density at radius 2 is 2.07 bits per heavy atom. The van der Waals surface area contributed by atoms with E-state index in [2.05, 4.69) is 32.5 Å². The standard InChI is InChI=1S/C11H14NS3/c1-3-8-6-5-7-10(9(8)4-2)12(15)11(13)14/h5-7H,3-4H2,1-2H3,(H,13,14)/q-1. The fourth-order valence-electron chi connectivity index (χ4n) is 1.65. The van der Waals surface area contributed by atoms with Crippen molar-refractivity contribution < 1.29 is 0 Å². The van der Waals surface area contributed by atoms with Gasteiger partial charge in [0.1, 0.15) is 4.32 Å². The lowest BCUT2D eigenvalue weighted by Gasteiger charge is -2.32. The first kappa shape index (κ1) is 12.9. The van der Waals surface area contributed by atoms with Crippen LogP contribution in [0, 0.1) is 0 Å². The molecular weight excluding hydrogens is 242 g/mol. The van der Waals surface area contributed by atoms with E-state index in [0.29, 0.717) is 4.32 Å². The van der Waals surface area contributed by atoms with E-state index in [0.717, 1.165) is 18.5 Å². The van der Waals surface area contributed by atoms with Crippen LogP contribution in [-0.4, -0.2) is 4.32 Å². The molecule has 0 aliphatic heterocycles. The van der Waals surface area contributed by atoms with Gasteiger partial charge in [-0.3, -0.25) is 0 Å². The van der Waals surface area contributed by atoms with E-state index < -0.39 is 0 Å². The van der Waals surface area contributed by atoms with Crippen molar-refractivity contribution in [2.45, 2.75) is 26.7 Å².